The van der Waals surface area contributed by atoms with E-state index in [-0.39, 0.29) is 11.2 Å². The third-order valence-corrected chi connectivity index (χ3v) is 4.91. The number of Topliss-reactive ketones (excluding diaryl/α,β-unsaturated/α-hetero) is 1. The van der Waals surface area contributed by atoms with Gasteiger partial charge in [0.1, 0.15) is 11.5 Å². The van der Waals surface area contributed by atoms with Crippen LogP contribution in [0.25, 0.3) is 11.5 Å². The molecule has 0 atom stereocenters. The normalized spacial score (nSPS) is 13.2. The van der Waals surface area contributed by atoms with Crippen molar-refractivity contribution in [2.24, 2.45) is 5.41 Å². The van der Waals surface area contributed by atoms with E-state index in [1.807, 2.05) is 11.9 Å². The fourth-order valence-corrected chi connectivity index (χ4v) is 3.69. The van der Waals surface area contributed by atoms with Crippen molar-refractivity contribution in [1.29, 1.82) is 0 Å². The number of ketones is 1. The molecule has 0 bridgehead atoms. The maximum absolute atomic E-state index is 12.5. The standard InChI is InChI=1S/C22H30N4O3/c1-22(2,3)11-14(27)13-26(4)21-15-8-7-9-16(15)24-20(25-21)17-10-18(28-5)19(29-6)12-23-17/h10,12H,7-9,11,13H2,1-6H3. The Morgan fingerprint density at radius 3 is 2.52 bits per heavy atom. The fourth-order valence-electron chi connectivity index (χ4n) is 3.69. The number of pyridine rings is 1. The Balaban J connectivity index is 1.95. The molecule has 1 aliphatic carbocycles. The minimum absolute atomic E-state index is 0.0275. The Hall–Kier alpha value is -2.70. The lowest BCUT2D eigenvalue weighted by Crippen LogP contribution is -2.30. The predicted octanol–water partition coefficient (Wildman–Crippen LogP) is 3.49. The minimum atomic E-state index is -0.0275. The number of nitrogens with zero attached hydrogens (tertiary/aromatic N) is 4. The third kappa shape index (κ3) is 4.83. The summed E-state index contributed by atoms with van der Waals surface area (Å²) in [6, 6.07) is 1.78. The molecule has 0 saturated heterocycles. The van der Waals surface area contributed by atoms with Crippen LogP contribution in [-0.4, -0.2) is 48.5 Å². The van der Waals surface area contributed by atoms with Gasteiger partial charge in [0.2, 0.25) is 0 Å². The van der Waals surface area contributed by atoms with Crippen LogP contribution in [-0.2, 0) is 17.6 Å². The van der Waals surface area contributed by atoms with Crippen molar-refractivity contribution in [2.75, 3.05) is 32.7 Å². The summed E-state index contributed by atoms with van der Waals surface area (Å²) in [6.07, 6.45) is 5.04. The molecule has 0 aromatic carbocycles. The minimum Gasteiger partial charge on any atom is -0.493 e. The van der Waals surface area contributed by atoms with Crippen molar-refractivity contribution in [3.63, 3.8) is 0 Å². The summed E-state index contributed by atoms with van der Waals surface area (Å²) in [7, 11) is 5.09. The number of likely N-dealkylation sites (N-methyl/N-ethyl adjacent to an activating group) is 1. The van der Waals surface area contributed by atoms with Crippen LogP contribution in [0, 0.1) is 5.41 Å². The van der Waals surface area contributed by atoms with Crippen molar-refractivity contribution in [3.8, 4) is 23.0 Å². The van der Waals surface area contributed by atoms with Crippen LogP contribution in [0.4, 0.5) is 5.82 Å². The molecule has 0 aliphatic heterocycles. The van der Waals surface area contributed by atoms with Crippen LogP contribution in [0.3, 0.4) is 0 Å². The van der Waals surface area contributed by atoms with Crippen molar-refractivity contribution in [2.45, 2.75) is 46.5 Å². The first-order valence-corrected chi connectivity index (χ1v) is 9.93. The average molecular weight is 399 g/mol. The van der Waals surface area contributed by atoms with Crippen molar-refractivity contribution in [3.05, 3.63) is 23.5 Å². The molecular formula is C22H30N4O3. The van der Waals surface area contributed by atoms with Crippen LogP contribution in [0.15, 0.2) is 12.3 Å². The molecule has 1 aliphatic rings. The Morgan fingerprint density at radius 1 is 1.14 bits per heavy atom. The van der Waals surface area contributed by atoms with Gasteiger partial charge in [0.05, 0.1) is 27.0 Å². The van der Waals surface area contributed by atoms with E-state index in [1.54, 1.807) is 26.5 Å². The van der Waals surface area contributed by atoms with Gasteiger partial charge in [0.25, 0.3) is 0 Å². The van der Waals surface area contributed by atoms with Gasteiger partial charge in [0, 0.05) is 30.8 Å². The van der Waals surface area contributed by atoms with Gasteiger partial charge in [-0.1, -0.05) is 20.8 Å². The molecule has 2 heterocycles. The summed E-state index contributed by atoms with van der Waals surface area (Å²) in [5.41, 5.74) is 2.77. The van der Waals surface area contributed by atoms with Gasteiger partial charge in [-0.15, -0.1) is 0 Å². The maximum Gasteiger partial charge on any atom is 0.180 e. The number of fused-ring (bicyclic) bond motifs is 1. The SMILES string of the molecule is COc1cnc(-c2nc3c(c(N(C)CC(=O)CC(C)(C)C)n2)CCC3)cc1OC. The Kier molecular flexibility index (Phi) is 6.05. The van der Waals surface area contributed by atoms with Crippen LogP contribution >= 0.6 is 0 Å². The lowest BCUT2D eigenvalue weighted by Gasteiger charge is -2.23. The molecule has 0 saturated carbocycles. The highest BCUT2D eigenvalue weighted by molar-refractivity contribution is 5.84. The number of aryl methyl sites for hydroxylation is 1. The highest BCUT2D eigenvalue weighted by atomic mass is 16.5. The molecule has 0 unspecified atom stereocenters. The number of hydrogen-bond acceptors (Lipinski definition) is 7. The lowest BCUT2D eigenvalue weighted by molar-refractivity contribution is -0.119. The molecule has 2 aromatic rings. The number of hydrogen-bond donors (Lipinski definition) is 0. The van der Waals surface area contributed by atoms with E-state index in [0.717, 1.165) is 36.3 Å². The molecule has 2 aromatic heterocycles. The smallest absolute Gasteiger partial charge is 0.180 e. The number of methoxy groups -OCH3 is 2. The van der Waals surface area contributed by atoms with Crippen molar-refractivity contribution >= 4 is 11.6 Å². The van der Waals surface area contributed by atoms with E-state index in [4.69, 9.17) is 19.4 Å². The molecule has 0 spiro atoms. The van der Waals surface area contributed by atoms with Gasteiger partial charge < -0.3 is 14.4 Å². The second kappa shape index (κ2) is 8.35. The molecule has 7 nitrogen and oxygen atoms in total. The quantitative estimate of drug-likeness (QED) is 0.706. The van der Waals surface area contributed by atoms with E-state index in [9.17, 15) is 4.79 Å². The molecule has 0 fully saturated rings. The number of rotatable bonds is 7. The molecule has 3 rings (SSSR count). The maximum atomic E-state index is 12.5. The van der Waals surface area contributed by atoms with Gasteiger partial charge in [-0.05, 0) is 24.7 Å². The lowest BCUT2D eigenvalue weighted by atomic mass is 9.90. The van der Waals surface area contributed by atoms with E-state index in [0.29, 0.717) is 36.0 Å². The first-order chi connectivity index (χ1) is 13.7. The zero-order valence-electron chi connectivity index (χ0n) is 18.2. The topological polar surface area (TPSA) is 77.4 Å². The Labute approximate surface area is 172 Å². The number of carbonyl (C=O) groups is 1. The number of carbonyl (C=O) groups excluding carboxylic acids is 1. The summed E-state index contributed by atoms with van der Waals surface area (Å²) in [6.45, 7) is 6.57. The van der Waals surface area contributed by atoms with Crippen molar-refractivity contribution < 1.29 is 14.3 Å². The van der Waals surface area contributed by atoms with E-state index in [2.05, 4.69) is 25.8 Å². The Morgan fingerprint density at radius 2 is 1.86 bits per heavy atom. The first kappa shape index (κ1) is 21.0. The summed E-state index contributed by atoms with van der Waals surface area (Å²) < 4.78 is 10.7. The number of aromatic nitrogens is 3. The summed E-state index contributed by atoms with van der Waals surface area (Å²) in [5, 5.41) is 0. The average Bonchev–Trinajstić information content (AvgIpc) is 3.13. The fraction of sp³-hybridized carbons (Fsp3) is 0.545. The van der Waals surface area contributed by atoms with Crippen LogP contribution < -0.4 is 14.4 Å². The summed E-state index contributed by atoms with van der Waals surface area (Å²) in [4.78, 5) is 28.5. The zero-order valence-corrected chi connectivity index (χ0v) is 18.2. The second-order valence-corrected chi connectivity index (χ2v) is 8.71. The molecule has 29 heavy (non-hydrogen) atoms. The second-order valence-electron chi connectivity index (χ2n) is 8.71. The summed E-state index contributed by atoms with van der Waals surface area (Å²) in [5.74, 6) is 2.70. The van der Waals surface area contributed by atoms with Gasteiger partial charge in [0.15, 0.2) is 23.1 Å². The van der Waals surface area contributed by atoms with Crippen LogP contribution in [0.5, 0.6) is 11.5 Å². The zero-order chi connectivity index (χ0) is 21.2. The van der Waals surface area contributed by atoms with E-state index in [1.165, 1.54) is 0 Å². The molecule has 7 heteroatoms. The highest BCUT2D eigenvalue weighted by Gasteiger charge is 2.25. The largest absolute Gasteiger partial charge is 0.493 e. The van der Waals surface area contributed by atoms with Gasteiger partial charge in [-0.3, -0.25) is 4.79 Å². The molecule has 156 valence electrons. The van der Waals surface area contributed by atoms with Gasteiger partial charge >= 0.3 is 0 Å². The molecule has 0 radical (unpaired) electrons. The third-order valence-electron chi connectivity index (χ3n) is 4.91. The molecular weight excluding hydrogens is 368 g/mol. The van der Waals surface area contributed by atoms with Gasteiger partial charge in [-0.25, -0.2) is 15.0 Å². The first-order valence-electron chi connectivity index (χ1n) is 9.93. The van der Waals surface area contributed by atoms with Gasteiger partial charge in [-0.2, -0.15) is 0 Å². The van der Waals surface area contributed by atoms with Crippen LogP contribution in [0.1, 0.15) is 44.9 Å². The Bertz CT molecular complexity index is 906. The number of ether oxygens (including phenoxy) is 2. The van der Waals surface area contributed by atoms with E-state index < -0.39 is 0 Å². The van der Waals surface area contributed by atoms with Crippen LogP contribution in [0.2, 0.25) is 0 Å². The van der Waals surface area contributed by atoms with Crippen molar-refractivity contribution in [1.82, 2.24) is 15.0 Å². The number of anilines is 1. The predicted molar refractivity (Wildman–Crippen MR) is 113 cm³/mol. The van der Waals surface area contributed by atoms with E-state index >= 15 is 0 Å². The molecule has 0 amide bonds. The highest BCUT2D eigenvalue weighted by Crippen LogP contribution is 2.33. The summed E-state index contributed by atoms with van der Waals surface area (Å²) >= 11 is 0. The molecule has 0 N–H and O–H groups in total. The monoisotopic (exact) mass is 398 g/mol.